The number of anilines is 1. The highest BCUT2D eigenvalue weighted by Gasteiger charge is 2.57. The Bertz CT molecular complexity index is 1520. The van der Waals surface area contributed by atoms with Gasteiger partial charge in [-0.2, -0.15) is 13.5 Å². The van der Waals surface area contributed by atoms with Crippen molar-refractivity contribution < 1.29 is 36.4 Å². The van der Waals surface area contributed by atoms with E-state index in [-0.39, 0.29) is 36.2 Å². The van der Waals surface area contributed by atoms with Crippen LogP contribution in [0, 0.1) is 5.92 Å². The number of Topliss-reactive ketones (excluding diaryl/α,β-unsaturated/α-hetero) is 1. The lowest BCUT2D eigenvalue weighted by Gasteiger charge is -2.50. The van der Waals surface area contributed by atoms with E-state index in [1.165, 1.54) is 19.2 Å². The molecule has 0 bridgehead atoms. The van der Waals surface area contributed by atoms with Gasteiger partial charge in [-0.15, -0.1) is 15.6 Å². The molecule has 43 heavy (non-hydrogen) atoms. The second kappa shape index (κ2) is 13.2. The summed E-state index contributed by atoms with van der Waals surface area (Å²) in [6.45, 7) is 5.48. The number of thiazole rings is 1. The molecule has 2 aromatic rings. The van der Waals surface area contributed by atoms with Crippen LogP contribution in [0.4, 0.5) is 5.13 Å². The van der Waals surface area contributed by atoms with Gasteiger partial charge in [0.15, 0.2) is 29.2 Å². The number of β-lactam (4-membered cyclic amide) rings is 1. The average molecular weight is 639 g/mol. The van der Waals surface area contributed by atoms with E-state index in [9.17, 15) is 18.0 Å². The number of nitrogens with zero attached hydrogens (tertiary/aromatic N) is 5. The third kappa shape index (κ3) is 7.77. The zero-order valence-electron chi connectivity index (χ0n) is 23.6. The number of aliphatic imine (C=N–C) groups is 1. The maximum atomic E-state index is 13.2. The second-order valence-corrected chi connectivity index (χ2v) is 12.2. The first-order valence-electron chi connectivity index (χ1n) is 13.2. The Morgan fingerprint density at radius 2 is 2.00 bits per heavy atom. The van der Waals surface area contributed by atoms with Gasteiger partial charge in [-0.25, -0.2) is 4.98 Å². The van der Waals surface area contributed by atoms with Gasteiger partial charge in [0.05, 0.1) is 11.5 Å². The largest absolute Gasteiger partial charge is 0.490 e. The van der Waals surface area contributed by atoms with Crippen molar-refractivity contribution in [3.8, 4) is 5.75 Å². The van der Waals surface area contributed by atoms with Gasteiger partial charge in [-0.05, 0) is 50.1 Å². The van der Waals surface area contributed by atoms with E-state index in [1.807, 2.05) is 23.1 Å². The van der Waals surface area contributed by atoms with Crippen molar-refractivity contribution in [2.24, 2.45) is 27.5 Å². The number of fused-ring (bicyclic) bond motifs is 1. The Morgan fingerprint density at radius 1 is 1.26 bits per heavy atom. The van der Waals surface area contributed by atoms with Gasteiger partial charge in [0.25, 0.3) is 5.91 Å². The molecule has 0 saturated carbocycles. The zero-order valence-corrected chi connectivity index (χ0v) is 25.3. The molecule has 1 fully saturated rings. The lowest BCUT2D eigenvalue weighted by atomic mass is 9.74. The number of aromatic nitrogens is 1. The van der Waals surface area contributed by atoms with E-state index in [0.29, 0.717) is 43.0 Å². The van der Waals surface area contributed by atoms with E-state index < -0.39 is 33.5 Å². The normalized spacial score (nSPS) is 18.4. The number of hydrogen-bond donors (Lipinski definition) is 4. The van der Waals surface area contributed by atoms with Crippen molar-refractivity contribution in [2.45, 2.75) is 45.3 Å². The quantitative estimate of drug-likeness (QED) is 0.0549. The molecular formula is C25H34N8O8S2. The predicted octanol–water partition coefficient (Wildman–Crippen LogP) is 0.435. The monoisotopic (exact) mass is 638 g/mol. The first-order valence-corrected chi connectivity index (χ1v) is 15.5. The van der Waals surface area contributed by atoms with E-state index in [4.69, 9.17) is 31.3 Å². The SMILES string of the molecule is CC1(C)[C@H](CC(=O)/C(=N\OCCOc2ccc3c(c2)CN(C(N)=NCCCN)C3)c2csc(N)n2)C(=O)N1OS(=O)(=O)O. The third-order valence-electron chi connectivity index (χ3n) is 6.92. The smallest absolute Gasteiger partial charge is 0.418 e. The van der Waals surface area contributed by atoms with Crippen LogP contribution in [0.15, 0.2) is 33.7 Å². The van der Waals surface area contributed by atoms with Gasteiger partial charge in [0, 0.05) is 31.4 Å². The maximum absolute atomic E-state index is 13.2. The fraction of sp³-hybridized carbons (Fsp3) is 0.480. The van der Waals surface area contributed by atoms with E-state index in [2.05, 4.69) is 19.4 Å². The van der Waals surface area contributed by atoms with Crippen LogP contribution < -0.4 is 21.9 Å². The molecule has 1 aromatic carbocycles. The minimum atomic E-state index is -4.92. The Morgan fingerprint density at radius 3 is 2.65 bits per heavy atom. The highest BCUT2D eigenvalue weighted by Crippen LogP contribution is 2.40. The first-order chi connectivity index (χ1) is 20.3. The van der Waals surface area contributed by atoms with Crippen LogP contribution >= 0.6 is 11.3 Å². The molecule has 0 aliphatic carbocycles. The number of carbonyl (C=O) groups excluding carboxylic acids is 2. The second-order valence-electron chi connectivity index (χ2n) is 10.3. The molecule has 16 nitrogen and oxygen atoms in total. The highest BCUT2D eigenvalue weighted by molar-refractivity contribution is 7.80. The molecule has 1 aromatic heterocycles. The Hall–Kier alpha value is -3.84. The number of benzene rings is 1. The van der Waals surface area contributed by atoms with Crippen molar-refractivity contribution in [2.75, 3.05) is 32.0 Å². The fourth-order valence-electron chi connectivity index (χ4n) is 4.60. The molecule has 1 atom stereocenters. The van der Waals surface area contributed by atoms with Gasteiger partial charge in [-0.1, -0.05) is 11.2 Å². The Balaban J connectivity index is 1.33. The van der Waals surface area contributed by atoms with E-state index in [1.54, 1.807) is 0 Å². The summed E-state index contributed by atoms with van der Waals surface area (Å²) < 4.78 is 41.2. The topological polar surface area (TPSA) is 238 Å². The van der Waals surface area contributed by atoms with Gasteiger partial charge in [0.2, 0.25) is 0 Å². The number of rotatable bonds is 14. The minimum absolute atomic E-state index is 0.00973. The summed E-state index contributed by atoms with van der Waals surface area (Å²) in [6, 6.07) is 5.73. The lowest BCUT2D eigenvalue weighted by molar-refractivity contribution is -0.228. The van der Waals surface area contributed by atoms with Crippen LogP contribution in [0.1, 0.15) is 43.5 Å². The summed E-state index contributed by atoms with van der Waals surface area (Å²) in [7, 11) is -4.92. The number of ether oxygens (including phenoxy) is 1. The fourth-order valence-corrected chi connectivity index (χ4v) is 5.60. The molecule has 18 heteroatoms. The maximum Gasteiger partial charge on any atom is 0.418 e. The Labute approximate surface area is 252 Å². The molecular weight excluding hydrogens is 604 g/mol. The number of nitrogen functional groups attached to an aromatic ring is 1. The van der Waals surface area contributed by atoms with Crippen LogP contribution in [0.2, 0.25) is 0 Å². The van der Waals surface area contributed by atoms with Crippen LogP contribution in [0.25, 0.3) is 0 Å². The summed E-state index contributed by atoms with van der Waals surface area (Å²) in [5, 5.41) is 6.19. The number of nitrogens with two attached hydrogens (primary N) is 3. The average Bonchev–Trinajstić information content (AvgIpc) is 3.57. The van der Waals surface area contributed by atoms with Gasteiger partial charge in [0.1, 0.15) is 18.1 Å². The molecule has 0 spiro atoms. The number of amides is 1. The van der Waals surface area contributed by atoms with Gasteiger partial charge < -0.3 is 31.7 Å². The number of hydroxylamine groups is 2. The molecule has 1 amide bonds. The van der Waals surface area contributed by atoms with Crippen LogP contribution in [0.5, 0.6) is 5.75 Å². The minimum Gasteiger partial charge on any atom is -0.490 e. The van der Waals surface area contributed by atoms with Crippen LogP contribution in [0.3, 0.4) is 0 Å². The molecule has 7 N–H and O–H groups in total. The molecule has 234 valence electrons. The van der Waals surface area contributed by atoms with Crippen molar-refractivity contribution in [3.05, 3.63) is 40.4 Å². The number of hydrogen-bond acceptors (Lipinski definition) is 13. The van der Waals surface area contributed by atoms with Gasteiger partial charge in [-0.3, -0.25) is 19.1 Å². The molecule has 2 aliphatic rings. The number of ketones is 1. The molecule has 4 rings (SSSR count). The molecule has 0 unspecified atom stereocenters. The molecule has 1 saturated heterocycles. The summed E-state index contributed by atoms with van der Waals surface area (Å²) in [4.78, 5) is 41.5. The molecule has 3 heterocycles. The summed E-state index contributed by atoms with van der Waals surface area (Å²) in [5.74, 6) is -1.23. The van der Waals surface area contributed by atoms with Crippen LogP contribution in [-0.4, -0.2) is 83.1 Å². The number of oxime groups is 1. The van der Waals surface area contributed by atoms with Crippen molar-refractivity contribution in [3.63, 3.8) is 0 Å². The summed E-state index contributed by atoms with van der Waals surface area (Å²) >= 11 is 1.09. The van der Waals surface area contributed by atoms with Crippen molar-refractivity contribution in [1.82, 2.24) is 14.9 Å². The lowest BCUT2D eigenvalue weighted by Crippen LogP contribution is -2.68. The van der Waals surface area contributed by atoms with Crippen LogP contribution in [-0.2, 0) is 42.2 Å². The Kier molecular flexibility index (Phi) is 9.86. The highest BCUT2D eigenvalue weighted by atomic mass is 32.3. The van der Waals surface area contributed by atoms with Crippen molar-refractivity contribution in [1.29, 1.82) is 0 Å². The summed E-state index contributed by atoms with van der Waals surface area (Å²) in [6.07, 6.45) is 0.424. The summed E-state index contributed by atoms with van der Waals surface area (Å²) in [5.41, 5.74) is 18.3. The molecule has 0 radical (unpaired) electrons. The predicted molar refractivity (Wildman–Crippen MR) is 157 cm³/mol. The third-order valence-corrected chi connectivity index (χ3v) is 7.93. The van der Waals surface area contributed by atoms with E-state index >= 15 is 0 Å². The van der Waals surface area contributed by atoms with Gasteiger partial charge >= 0.3 is 10.4 Å². The number of guanidine groups is 1. The standard InChI is InChI=1S/C25H34N8O8S2/c1-25(2)18(22(35)33(25)41-43(36,37)38)11-20(34)21(19-14-42-24(28)30-19)31-40-9-8-39-17-5-4-15-12-32(13-16(15)10-17)23(27)29-7-3-6-26/h4-5,10,14,18H,3,6-9,11-13,26H2,1-2H3,(H2,27,29)(H2,28,30)(H,36,37,38)/b31-21-/t18-/m1/s1. The first kappa shape index (κ1) is 32.1. The zero-order chi connectivity index (χ0) is 31.4. The number of carbonyl (C=O) groups is 2. The van der Waals surface area contributed by atoms with Crippen molar-refractivity contribution >= 4 is 50.2 Å². The molecule has 2 aliphatic heterocycles. The van der Waals surface area contributed by atoms with E-state index in [0.717, 1.165) is 28.9 Å².